The molecule has 35 heavy (non-hydrogen) atoms. The molecule has 0 amide bonds. The molecule has 0 radical (unpaired) electrons. The predicted molar refractivity (Wildman–Crippen MR) is 126 cm³/mol. The summed E-state index contributed by atoms with van der Waals surface area (Å²) in [6.45, 7) is 2.15. The van der Waals surface area contributed by atoms with E-state index < -0.39 is 46.0 Å². The topological polar surface area (TPSA) is 0 Å². The Hall–Kier alpha value is -3.54. The van der Waals surface area contributed by atoms with Crippen LogP contribution in [0.3, 0.4) is 0 Å². The van der Waals surface area contributed by atoms with Crippen LogP contribution in [0.25, 0.3) is 33.4 Å². The molecule has 0 bridgehead atoms. The zero-order valence-corrected chi connectivity index (χ0v) is 18.9. The molecule has 180 valence electrons. The van der Waals surface area contributed by atoms with Gasteiger partial charge in [-0.15, -0.1) is 0 Å². The minimum Gasteiger partial charge on any atom is -0.206 e. The Bertz CT molecular complexity index is 1310. The van der Waals surface area contributed by atoms with E-state index in [-0.39, 0.29) is 11.1 Å². The van der Waals surface area contributed by atoms with E-state index in [0.717, 1.165) is 43.4 Å². The highest BCUT2D eigenvalue weighted by molar-refractivity contribution is 5.74. The SMILES string of the molecule is CCCCCc1ccc(-c2ccc(-c3cc(F)c(-c4cc(F)c(F)c(F)c4)c(F)c3)c(F)c2)cc1. The lowest BCUT2D eigenvalue weighted by atomic mass is 9.96. The van der Waals surface area contributed by atoms with E-state index in [9.17, 15) is 26.3 Å². The normalized spacial score (nSPS) is 11.2. The smallest absolute Gasteiger partial charge is 0.194 e. The van der Waals surface area contributed by atoms with Crippen molar-refractivity contribution in [1.82, 2.24) is 0 Å². The standard InChI is InChI=1S/C29H22F6/c1-2-3-4-5-17-6-8-18(9-7-17)19-10-11-22(23(30)12-19)20-13-24(31)28(25(32)14-20)21-15-26(33)29(35)27(34)16-21/h6-16H,2-5H2,1H3. The first-order chi connectivity index (χ1) is 16.8. The number of aryl methyl sites for hydroxylation is 1. The van der Waals surface area contributed by atoms with Gasteiger partial charge in [-0.05, 0) is 71.0 Å². The lowest BCUT2D eigenvalue weighted by molar-refractivity contribution is 0.447. The first-order valence-corrected chi connectivity index (χ1v) is 11.3. The summed E-state index contributed by atoms with van der Waals surface area (Å²) in [6.07, 6.45) is 4.39. The number of unbranched alkanes of at least 4 members (excludes halogenated alkanes) is 2. The van der Waals surface area contributed by atoms with Gasteiger partial charge in [-0.3, -0.25) is 0 Å². The quantitative estimate of drug-likeness (QED) is 0.139. The zero-order chi connectivity index (χ0) is 25.1. The Labute approximate surface area is 199 Å². The van der Waals surface area contributed by atoms with Crippen molar-refractivity contribution < 1.29 is 26.3 Å². The first kappa shape index (κ1) is 24.6. The molecule has 0 atom stereocenters. The Kier molecular flexibility index (Phi) is 7.29. The number of hydrogen-bond acceptors (Lipinski definition) is 0. The van der Waals surface area contributed by atoms with Crippen LogP contribution in [-0.4, -0.2) is 0 Å². The van der Waals surface area contributed by atoms with Crippen molar-refractivity contribution in [1.29, 1.82) is 0 Å². The molecule has 0 nitrogen and oxygen atoms in total. The molecular weight excluding hydrogens is 462 g/mol. The van der Waals surface area contributed by atoms with Crippen LogP contribution in [-0.2, 0) is 6.42 Å². The van der Waals surface area contributed by atoms with Gasteiger partial charge in [0.1, 0.15) is 17.5 Å². The molecule has 0 aliphatic carbocycles. The molecule has 4 aromatic rings. The monoisotopic (exact) mass is 484 g/mol. The summed E-state index contributed by atoms with van der Waals surface area (Å²) < 4.78 is 84.8. The van der Waals surface area contributed by atoms with Crippen LogP contribution in [0.4, 0.5) is 26.3 Å². The van der Waals surface area contributed by atoms with Gasteiger partial charge in [0.15, 0.2) is 17.5 Å². The van der Waals surface area contributed by atoms with Crippen molar-refractivity contribution in [2.45, 2.75) is 32.6 Å². The lowest BCUT2D eigenvalue weighted by Gasteiger charge is -2.11. The van der Waals surface area contributed by atoms with Gasteiger partial charge >= 0.3 is 0 Å². The minimum absolute atomic E-state index is 0.0363. The third-order valence-electron chi connectivity index (χ3n) is 5.95. The fourth-order valence-corrected chi connectivity index (χ4v) is 4.08. The van der Waals surface area contributed by atoms with Crippen molar-refractivity contribution in [2.75, 3.05) is 0 Å². The first-order valence-electron chi connectivity index (χ1n) is 11.3. The molecule has 0 fully saturated rings. The average Bonchev–Trinajstić information content (AvgIpc) is 2.82. The highest BCUT2D eigenvalue weighted by Gasteiger charge is 2.19. The van der Waals surface area contributed by atoms with Gasteiger partial charge in [-0.2, -0.15) is 0 Å². The van der Waals surface area contributed by atoms with Crippen molar-refractivity contribution in [3.8, 4) is 33.4 Å². The second kappa shape index (κ2) is 10.4. The molecule has 0 aliphatic heterocycles. The van der Waals surface area contributed by atoms with Crippen LogP contribution >= 0.6 is 0 Å². The van der Waals surface area contributed by atoms with Crippen LogP contribution in [0.2, 0.25) is 0 Å². The predicted octanol–water partition coefficient (Wildman–Crippen LogP) is 9.25. The fraction of sp³-hybridized carbons (Fsp3) is 0.172. The van der Waals surface area contributed by atoms with Gasteiger partial charge in [0.2, 0.25) is 0 Å². The maximum absolute atomic E-state index is 15.0. The Balaban J connectivity index is 1.63. The summed E-state index contributed by atoms with van der Waals surface area (Å²) in [5.41, 5.74) is 1.27. The van der Waals surface area contributed by atoms with E-state index in [2.05, 4.69) is 6.92 Å². The van der Waals surface area contributed by atoms with Gasteiger partial charge < -0.3 is 0 Å². The summed E-state index contributed by atoms with van der Waals surface area (Å²) in [7, 11) is 0. The molecular formula is C29H22F6. The number of rotatable bonds is 7. The summed E-state index contributed by atoms with van der Waals surface area (Å²) in [5.74, 6) is -7.88. The Morgan fingerprint density at radius 2 is 1.06 bits per heavy atom. The second-order valence-corrected chi connectivity index (χ2v) is 8.42. The van der Waals surface area contributed by atoms with Gasteiger partial charge in [0.25, 0.3) is 0 Å². The summed E-state index contributed by atoms with van der Waals surface area (Å²) in [5, 5.41) is 0. The largest absolute Gasteiger partial charge is 0.206 e. The highest BCUT2D eigenvalue weighted by atomic mass is 19.2. The van der Waals surface area contributed by atoms with Gasteiger partial charge in [-0.25, -0.2) is 26.3 Å². The van der Waals surface area contributed by atoms with Crippen molar-refractivity contribution in [3.63, 3.8) is 0 Å². The molecule has 0 aliphatic rings. The summed E-state index contributed by atoms with van der Waals surface area (Å²) >= 11 is 0. The van der Waals surface area contributed by atoms with Crippen LogP contribution in [0.15, 0.2) is 66.7 Å². The Morgan fingerprint density at radius 3 is 1.63 bits per heavy atom. The molecule has 0 N–H and O–H groups in total. The maximum Gasteiger partial charge on any atom is 0.194 e. The molecule has 0 unspecified atom stereocenters. The van der Waals surface area contributed by atoms with Crippen molar-refractivity contribution in [3.05, 3.63) is 107 Å². The molecule has 4 rings (SSSR count). The highest BCUT2D eigenvalue weighted by Crippen LogP contribution is 2.34. The van der Waals surface area contributed by atoms with Crippen molar-refractivity contribution >= 4 is 0 Å². The van der Waals surface area contributed by atoms with Crippen LogP contribution in [0.1, 0.15) is 31.7 Å². The average molecular weight is 484 g/mol. The van der Waals surface area contributed by atoms with Crippen LogP contribution in [0.5, 0.6) is 0 Å². The summed E-state index contributed by atoms with van der Waals surface area (Å²) in [4.78, 5) is 0. The molecule has 0 spiro atoms. The third-order valence-corrected chi connectivity index (χ3v) is 5.95. The molecule has 0 aromatic heterocycles. The van der Waals surface area contributed by atoms with Gasteiger partial charge in [0, 0.05) is 5.56 Å². The Morgan fingerprint density at radius 1 is 0.514 bits per heavy atom. The second-order valence-electron chi connectivity index (χ2n) is 8.42. The maximum atomic E-state index is 15.0. The van der Waals surface area contributed by atoms with E-state index in [1.165, 1.54) is 17.7 Å². The van der Waals surface area contributed by atoms with E-state index in [0.29, 0.717) is 17.7 Å². The van der Waals surface area contributed by atoms with Gasteiger partial charge in [0.05, 0.1) is 5.56 Å². The van der Waals surface area contributed by atoms with Crippen LogP contribution < -0.4 is 0 Å². The van der Waals surface area contributed by atoms with E-state index in [1.807, 2.05) is 24.3 Å². The molecule has 0 saturated heterocycles. The van der Waals surface area contributed by atoms with Crippen molar-refractivity contribution in [2.24, 2.45) is 0 Å². The van der Waals surface area contributed by atoms with E-state index in [1.54, 1.807) is 6.07 Å². The molecule has 0 saturated carbocycles. The third kappa shape index (κ3) is 5.26. The molecule has 0 heterocycles. The van der Waals surface area contributed by atoms with Gasteiger partial charge in [-0.1, -0.05) is 56.2 Å². The minimum atomic E-state index is -1.74. The fourth-order valence-electron chi connectivity index (χ4n) is 4.08. The van der Waals surface area contributed by atoms with E-state index in [4.69, 9.17) is 0 Å². The zero-order valence-electron chi connectivity index (χ0n) is 18.9. The molecule has 6 heteroatoms. The lowest BCUT2D eigenvalue weighted by Crippen LogP contribution is -1.97. The van der Waals surface area contributed by atoms with E-state index >= 15 is 0 Å². The van der Waals surface area contributed by atoms with Crippen LogP contribution in [0, 0.1) is 34.9 Å². The molecule has 4 aromatic carbocycles. The number of halogens is 6. The number of benzene rings is 4. The summed E-state index contributed by atoms with van der Waals surface area (Å²) in [6, 6.07) is 14.9. The number of hydrogen-bond donors (Lipinski definition) is 0.